The average Bonchev–Trinajstić information content (AvgIpc) is 3.03. The first-order valence-corrected chi connectivity index (χ1v) is 7.15. The first kappa shape index (κ1) is 13.5. The van der Waals surface area contributed by atoms with E-state index < -0.39 is 17.8 Å². The zero-order chi connectivity index (χ0) is 16.0. The predicted octanol–water partition coefficient (Wildman–Crippen LogP) is 1.79. The number of carbonyl (C=O) groups is 3. The number of rotatable bonds is 2. The van der Waals surface area contributed by atoms with Crippen molar-refractivity contribution in [2.45, 2.75) is 6.42 Å². The number of esters is 1. The van der Waals surface area contributed by atoms with E-state index in [4.69, 9.17) is 4.74 Å². The van der Waals surface area contributed by atoms with Crippen molar-refractivity contribution >= 4 is 23.4 Å². The standard InChI is InChI=1S/C18H11NO4/c20-16-13(10-6-2-1-3-7-10)15(17(21)19-16)14-11-8-4-5-9-12(11)23-18(14)22/h1-7,9H,8H2,(H,19,20,21). The number of hydrogen-bond donors (Lipinski definition) is 1. The van der Waals surface area contributed by atoms with Gasteiger partial charge in [-0.3, -0.25) is 14.9 Å². The zero-order valence-corrected chi connectivity index (χ0v) is 12.0. The Hall–Kier alpha value is -3.21. The number of allylic oxidation sites excluding steroid dienone is 4. The van der Waals surface area contributed by atoms with Gasteiger partial charge in [-0.25, -0.2) is 4.79 Å². The summed E-state index contributed by atoms with van der Waals surface area (Å²) in [5, 5.41) is 2.28. The molecule has 0 spiro atoms. The van der Waals surface area contributed by atoms with Crippen molar-refractivity contribution in [2.24, 2.45) is 0 Å². The molecule has 1 aromatic carbocycles. The number of fused-ring (bicyclic) bond motifs is 1. The molecule has 0 fully saturated rings. The number of hydrogen-bond acceptors (Lipinski definition) is 4. The third-order valence-corrected chi connectivity index (χ3v) is 3.96. The Morgan fingerprint density at radius 1 is 0.913 bits per heavy atom. The number of ether oxygens (including phenoxy) is 1. The van der Waals surface area contributed by atoms with Crippen molar-refractivity contribution in [3.8, 4) is 0 Å². The number of carbonyl (C=O) groups excluding carboxylic acids is 3. The van der Waals surface area contributed by atoms with Gasteiger partial charge in [-0.1, -0.05) is 42.5 Å². The highest BCUT2D eigenvalue weighted by molar-refractivity contribution is 6.39. The molecule has 2 heterocycles. The molecule has 1 N–H and O–H groups in total. The minimum atomic E-state index is -0.594. The first-order valence-electron chi connectivity index (χ1n) is 7.15. The molecule has 0 saturated heterocycles. The molecule has 23 heavy (non-hydrogen) atoms. The van der Waals surface area contributed by atoms with Crippen LogP contribution in [0.2, 0.25) is 0 Å². The van der Waals surface area contributed by atoms with Crippen LogP contribution in [0.5, 0.6) is 0 Å². The fourth-order valence-electron chi connectivity index (χ4n) is 2.96. The van der Waals surface area contributed by atoms with Crippen LogP contribution in [-0.2, 0) is 19.1 Å². The first-order chi connectivity index (χ1) is 11.2. The van der Waals surface area contributed by atoms with E-state index in [-0.39, 0.29) is 16.7 Å². The molecule has 2 amide bonds. The number of amides is 2. The lowest BCUT2D eigenvalue weighted by molar-refractivity contribution is -0.133. The smallest absolute Gasteiger partial charge is 0.344 e. The van der Waals surface area contributed by atoms with Crippen molar-refractivity contribution in [1.29, 1.82) is 0 Å². The molecule has 1 aromatic rings. The van der Waals surface area contributed by atoms with Crippen LogP contribution in [0, 0.1) is 0 Å². The molecule has 112 valence electrons. The largest absolute Gasteiger partial charge is 0.423 e. The average molecular weight is 305 g/mol. The van der Waals surface area contributed by atoms with Crippen LogP contribution in [-0.4, -0.2) is 17.8 Å². The minimum absolute atomic E-state index is 0.0971. The van der Waals surface area contributed by atoms with Crippen LogP contribution in [0.1, 0.15) is 12.0 Å². The van der Waals surface area contributed by atoms with E-state index in [1.165, 1.54) is 0 Å². The van der Waals surface area contributed by atoms with E-state index in [0.717, 1.165) is 0 Å². The summed E-state index contributed by atoms with van der Waals surface area (Å²) in [7, 11) is 0. The van der Waals surface area contributed by atoms with Crippen molar-refractivity contribution in [2.75, 3.05) is 0 Å². The van der Waals surface area contributed by atoms with E-state index in [1.54, 1.807) is 36.4 Å². The lowest BCUT2D eigenvalue weighted by Gasteiger charge is -2.06. The van der Waals surface area contributed by atoms with Crippen molar-refractivity contribution in [3.63, 3.8) is 0 Å². The lowest BCUT2D eigenvalue weighted by atomic mass is 9.91. The van der Waals surface area contributed by atoms with Crippen LogP contribution in [0.25, 0.3) is 5.57 Å². The Labute approximate surface area is 131 Å². The lowest BCUT2D eigenvalue weighted by Crippen LogP contribution is -2.24. The minimum Gasteiger partial charge on any atom is -0.423 e. The normalized spacial score (nSPS) is 19.8. The van der Waals surface area contributed by atoms with E-state index in [1.807, 2.05) is 12.1 Å². The van der Waals surface area contributed by atoms with E-state index in [0.29, 0.717) is 23.3 Å². The Balaban J connectivity index is 1.98. The van der Waals surface area contributed by atoms with Gasteiger partial charge in [-0.2, -0.15) is 0 Å². The van der Waals surface area contributed by atoms with Gasteiger partial charge in [-0.05, 0) is 18.1 Å². The maximum absolute atomic E-state index is 12.3. The Morgan fingerprint density at radius 3 is 2.43 bits per heavy atom. The summed E-state index contributed by atoms with van der Waals surface area (Å²) >= 11 is 0. The molecule has 5 heteroatoms. The zero-order valence-electron chi connectivity index (χ0n) is 12.0. The van der Waals surface area contributed by atoms with Gasteiger partial charge in [0.2, 0.25) is 0 Å². The molecule has 0 radical (unpaired) electrons. The third kappa shape index (κ3) is 1.97. The van der Waals surface area contributed by atoms with Gasteiger partial charge in [0.25, 0.3) is 11.8 Å². The van der Waals surface area contributed by atoms with Gasteiger partial charge in [0.15, 0.2) is 0 Å². The van der Waals surface area contributed by atoms with Crippen LogP contribution in [0.15, 0.2) is 71.0 Å². The molecule has 2 aliphatic heterocycles. The fourth-order valence-corrected chi connectivity index (χ4v) is 2.96. The number of benzene rings is 1. The molecule has 1 aliphatic carbocycles. The van der Waals surface area contributed by atoms with Gasteiger partial charge < -0.3 is 4.74 Å². The highest BCUT2D eigenvalue weighted by Crippen LogP contribution is 2.39. The van der Waals surface area contributed by atoms with Crippen LogP contribution in [0.4, 0.5) is 0 Å². The fraction of sp³-hybridized carbons (Fsp3) is 0.0556. The molecule has 0 aromatic heterocycles. The SMILES string of the molecule is O=C1NC(=O)C(c2ccccc2)=C1C1=C2CC=CC=C2OC1=O. The second kappa shape index (κ2) is 4.91. The third-order valence-electron chi connectivity index (χ3n) is 3.96. The Bertz CT molecular complexity index is 885. The molecule has 0 unspecified atom stereocenters. The molecule has 3 aliphatic rings. The molecular weight excluding hydrogens is 294 g/mol. The summed E-state index contributed by atoms with van der Waals surface area (Å²) in [6.45, 7) is 0. The Kier molecular flexibility index (Phi) is 2.87. The monoisotopic (exact) mass is 305 g/mol. The maximum atomic E-state index is 12.3. The van der Waals surface area contributed by atoms with Crippen LogP contribution in [0.3, 0.4) is 0 Å². The molecule has 0 bridgehead atoms. The van der Waals surface area contributed by atoms with Gasteiger partial charge in [0, 0.05) is 5.57 Å². The van der Waals surface area contributed by atoms with Crippen molar-refractivity contribution < 1.29 is 19.1 Å². The molecule has 5 nitrogen and oxygen atoms in total. The summed E-state index contributed by atoms with van der Waals surface area (Å²) in [6.07, 6.45) is 5.83. The molecule has 0 saturated carbocycles. The van der Waals surface area contributed by atoms with Gasteiger partial charge in [0.1, 0.15) is 5.76 Å². The quantitative estimate of drug-likeness (QED) is 0.668. The van der Waals surface area contributed by atoms with Gasteiger partial charge >= 0.3 is 5.97 Å². The summed E-state index contributed by atoms with van der Waals surface area (Å²) in [5.74, 6) is -1.22. The van der Waals surface area contributed by atoms with Gasteiger partial charge in [0.05, 0.1) is 16.7 Å². The van der Waals surface area contributed by atoms with Crippen molar-refractivity contribution in [3.05, 3.63) is 76.6 Å². The number of imide groups is 1. The Morgan fingerprint density at radius 2 is 1.65 bits per heavy atom. The molecule has 0 atom stereocenters. The van der Waals surface area contributed by atoms with Gasteiger partial charge in [-0.15, -0.1) is 0 Å². The molecular formula is C18H11NO4. The molecule has 4 rings (SSSR count). The maximum Gasteiger partial charge on any atom is 0.344 e. The summed E-state index contributed by atoms with van der Waals surface area (Å²) < 4.78 is 5.23. The van der Waals surface area contributed by atoms with Crippen molar-refractivity contribution in [1.82, 2.24) is 5.32 Å². The van der Waals surface area contributed by atoms with Crippen LogP contribution < -0.4 is 5.32 Å². The predicted molar refractivity (Wildman–Crippen MR) is 81.5 cm³/mol. The van der Waals surface area contributed by atoms with E-state index >= 15 is 0 Å². The van der Waals surface area contributed by atoms with Crippen LogP contribution >= 0.6 is 0 Å². The highest BCUT2D eigenvalue weighted by atomic mass is 16.5. The van der Waals surface area contributed by atoms with E-state index in [9.17, 15) is 14.4 Å². The second-order valence-electron chi connectivity index (χ2n) is 5.31. The number of nitrogens with one attached hydrogen (secondary N) is 1. The summed E-state index contributed by atoms with van der Waals surface area (Å²) in [6, 6.07) is 8.83. The highest BCUT2D eigenvalue weighted by Gasteiger charge is 2.41. The van der Waals surface area contributed by atoms with E-state index in [2.05, 4.69) is 5.32 Å². The second-order valence-corrected chi connectivity index (χ2v) is 5.31. The topological polar surface area (TPSA) is 72.5 Å². The summed E-state index contributed by atoms with van der Waals surface area (Å²) in [5.41, 5.74) is 1.73. The summed E-state index contributed by atoms with van der Waals surface area (Å²) in [4.78, 5) is 36.8.